The Morgan fingerprint density at radius 2 is 1.20 bits per heavy atom. The molecule has 0 unspecified atom stereocenters. The van der Waals surface area contributed by atoms with Crippen LogP contribution in [0, 0.1) is 17.7 Å². The number of benzene rings is 2. The first-order valence-corrected chi connectivity index (χ1v) is 17.0. The van der Waals surface area contributed by atoms with Crippen molar-refractivity contribution in [1.82, 2.24) is 31.4 Å². The molecule has 2 fully saturated rings. The van der Waals surface area contributed by atoms with Crippen LogP contribution in [0.3, 0.4) is 0 Å². The number of carbonyl (C=O) groups is 4. The number of hydroxylamine groups is 2. The van der Waals surface area contributed by atoms with Gasteiger partial charge in [0.2, 0.25) is 11.8 Å². The molecule has 2 aromatic carbocycles. The molecule has 0 spiro atoms. The van der Waals surface area contributed by atoms with Gasteiger partial charge >= 0.3 is 12.1 Å². The van der Waals surface area contributed by atoms with Crippen molar-refractivity contribution in [1.29, 1.82) is 0 Å². The van der Waals surface area contributed by atoms with Crippen LogP contribution in [0.1, 0.15) is 75.3 Å². The maximum Gasteiger partial charge on any atom is 0.317 e. The molecule has 2 aliphatic heterocycles. The fraction of sp³-hybridized carbons (Fsp3) is 0.543. The van der Waals surface area contributed by atoms with Gasteiger partial charge in [0.15, 0.2) is 0 Å². The van der Waals surface area contributed by atoms with E-state index in [9.17, 15) is 23.6 Å². The average Bonchev–Trinajstić information content (AvgIpc) is 3.14. The molecule has 2 aliphatic rings. The summed E-state index contributed by atoms with van der Waals surface area (Å²) in [4.78, 5) is 49.9. The van der Waals surface area contributed by atoms with Crippen LogP contribution in [-0.2, 0) is 22.7 Å². The van der Waals surface area contributed by atoms with Crippen LogP contribution in [0.15, 0.2) is 48.5 Å². The molecule has 0 bridgehead atoms. The van der Waals surface area contributed by atoms with E-state index in [1.54, 1.807) is 41.2 Å². The number of hydrogen-bond donors (Lipinski definition) is 6. The average molecular weight is 687 g/mol. The van der Waals surface area contributed by atoms with Crippen LogP contribution in [0.4, 0.5) is 14.0 Å². The summed E-state index contributed by atoms with van der Waals surface area (Å²) in [5, 5.41) is 22.6. The van der Waals surface area contributed by atoms with Crippen LogP contribution in [0.2, 0.25) is 0 Å². The molecule has 0 saturated carbocycles. The molecule has 2 saturated heterocycles. The number of ether oxygens (including phenoxy) is 1. The summed E-state index contributed by atoms with van der Waals surface area (Å²) in [6.45, 7) is 3.50. The summed E-state index contributed by atoms with van der Waals surface area (Å²) in [6.07, 6.45) is 7.73. The molecule has 0 atom stereocenters. The van der Waals surface area contributed by atoms with Crippen LogP contribution in [0.5, 0.6) is 5.75 Å². The van der Waals surface area contributed by atoms with Gasteiger partial charge in [-0.3, -0.25) is 20.0 Å². The SMILES string of the molecule is COc1ccc(CNC(=O)N2CCC(CCCC(=O)NO)CC2)cc1.O=C(CCCC1CCN(C(=O)NCc2ccccc2F)CC1)NO. The highest BCUT2D eigenvalue weighted by atomic mass is 19.1. The highest BCUT2D eigenvalue weighted by Crippen LogP contribution is 2.24. The zero-order valence-corrected chi connectivity index (χ0v) is 28.3. The Labute approximate surface area is 287 Å². The molecule has 2 aromatic rings. The van der Waals surface area contributed by atoms with Gasteiger partial charge in [0.25, 0.3) is 0 Å². The predicted octanol–water partition coefficient (Wildman–Crippen LogP) is 4.72. The molecule has 270 valence electrons. The lowest BCUT2D eigenvalue weighted by molar-refractivity contribution is -0.130. The minimum atomic E-state index is -0.361. The molecule has 13 nitrogen and oxygen atoms in total. The highest BCUT2D eigenvalue weighted by molar-refractivity contribution is 5.75. The molecular formula is C35H51FN6O7. The lowest BCUT2D eigenvalue weighted by atomic mass is 9.91. The largest absolute Gasteiger partial charge is 0.497 e. The maximum absolute atomic E-state index is 13.5. The van der Waals surface area contributed by atoms with Gasteiger partial charge in [-0.15, -0.1) is 0 Å². The third-order valence-electron chi connectivity index (χ3n) is 9.08. The minimum Gasteiger partial charge on any atom is -0.497 e. The van der Waals surface area contributed by atoms with E-state index >= 15 is 0 Å². The molecule has 49 heavy (non-hydrogen) atoms. The van der Waals surface area contributed by atoms with Crippen molar-refractivity contribution in [2.24, 2.45) is 11.8 Å². The second kappa shape index (κ2) is 21.5. The first kappa shape index (κ1) is 39.0. The molecule has 4 rings (SSSR count). The van der Waals surface area contributed by atoms with Gasteiger partial charge in [0, 0.05) is 57.7 Å². The number of methoxy groups -OCH3 is 1. The number of halogens is 1. The molecule has 0 radical (unpaired) electrons. The molecule has 6 amide bonds. The van der Waals surface area contributed by atoms with Crippen molar-refractivity contribution in [2.45, 2.75) is 77.3 Å². The Morgan fingerprint density at radius 1 is 0.735 bits per heavy atom. The number of amides is 6. The smallest absolute Gasteiger partial charge is 0.317 e. The Morgan fingerprint density at radius 3 is 1.65 bits per heavy atom. The van der Waals surface area contributed by atoms with Crippen molar-refractivity contribution < 1.29 is 38.7 Å². The Hall–Kier alpha value is -4.43. The van der Waals surface area contributed by atoms with Crippen molar-refractivity contribution in [3.05, 3.63) is 65.5 Å². The van der Waals surface area contributed by atoms with E-state index < -0.39 is 0 Å². The predicted molar refractivity (Wildman–Crippen MR) is 180 cm³/mol. The second-order valence-corrected chi connectivity index (χ2v) is 12.5. The number of urea groups is 2. The monoisotopic (exact) mass is 686 g/mol. The lowest BCUT2D eigenvalue weighted by Gasteiger charge is -2.32. The highest BCUT2D eigenvalue weighted by Gasteiger charge is 2.24. The fourth-order valence-corrected chi connectivity index (χ4v) is 6.02. The summed E-state index contributed by atoms with van der Waals surface area (Å²) < 4.78 is 18.6. The topological polar surface area (TPSA) is 173 Å². The molecule has 14 heteroatoms. The lowest BCUT2D eigenvalue weighted by Crippen LogP contribution is -2.44. The van der Waals surface area contributed by atoms with Crippen molar-refractivity contribution in [2.75, 3.05) is 33.3 Å². The number of nitrogens with one attached hydrogen (secondary N) is 4. The molecule has 2 heterocycles. The number of hydrogen-bond acceptors (Lipinski definition) is 7. The number of piperidine rings is 2. The zero-order valence-electron chi connectivity index (χ0n) is 28.3. The Bertz CT molecular complexity index is 1320. The number of rotatable bonds is 13. The Balaban J connectivity index is 0.000000266. The van der Waals surface area contributed by atoms with Gasteiger partial charge in [-0.1, -0.05) is 30.3 Å². The van der Waals surface area contributed by atoms with Crippen molar-refractivity contribution >= 4 is 23.9 Å². The van der Waals surface area contributed by atoms with Crippen LogP contribution in [0.25, 0.3) is 0 Å². The van der Waals surface area contributed by atoms with Gasteiger partial charge in [-0.2, -0.15) is 0 Å². The number of likely N-dealkylation sites (tertiary alicyclic amines) is 2. The minimum absolute atomic E-state index is 0.0334. The third kappa shape index (κ3) is 14.3. The van der Waals surface area contributed by atoms with E-state index in [-0.39, 0.29) is 36.2 Å². The van der Waals surface area contributed by atoms with Crippen molar-refractivity contribution in [3.8, 4) is 5.75 Å². The van der Waals surface area contributed by atoms with Gasteiger partial charge in [-0.25, -0.2) is 24.9 Å². The van der Waals surface area contributed by atoms with Crippen LogP contribution in [-0.4, -0.2) is 77.4 Å². The normalized spacial score (nSPS) is 15.0. The van der Waals surface area contributed by atoms with E-state index in [4.69, 9.17) is 15.2 Å². The summed E-state index contributed by atoms with van der Waals surface area (Å²) in [7, 11) is 1.63. The van der Waals surface area contributed by atoms with E-state index in [0.717, 1.165) is 75.8 Å². The summed E-state index contributed by atoms with van der Waals surface area (Å²) in [5.74, 6) is 0.816. The second-order valence-electron chi connectivity index (χ2n) is 12.5. The number of nitrogens with zero attached hydrogens (tertiary/aromatic N) is 2. The summed E-state index contributed by atoms with van der Waals surface area (Å²) in [5.41, 5.74) is 4.79. The van der Waals surface area contributed by atoms with E-state index in [0.29, 0.717) is 49.9 Å². The number of carbonyl (C=O) groups excluding carboxylic acids is 4. The first-order chi connectivity index (χ1) is 23.7. The van der Waals surface area contributed by atoms with Gasteiger partial charge in [0.05, 0.1) is 7.11 Å². The van der Waals surface area contributed by atoms with E-state index in [1.165, 1.54) is 6.07 Å². The quantitative estimate of drug-likeness (QED) is 0.131. The van der Waals surface area contributed by atoms with E-state index in [2.05, 4.69) is 10.6 Å². The van der Waals surface area contributed by atoms with Gasteiger partial charge in [-0.05, 0) is 87.0 Å². The third-order valence-corrected chi connectivity index (χ3v) is 9.08. The standard InChI is InChI=1S/C18H27N3O4.C17H24FN3O3/c1-25-16-7-5-15(6-8-16)13-19-18(23)21-11-9-14(10-12-21)3-2-4-17(22)20-24;18-15-6-2-1-5-14(15)12-19-17(23)21-10-8-13(9-11-21)4-3-7-16(22)20-24/h5-8,14,24H,2-4,9-13H2,1H3,(H,19,23)(H,20,22);1-2,5-6,13,24H,3-4,7-12H2,(H,19,23)(H,20,22). The maximum atomic E-state index is 13.5. The molecule has 0 aromatic heterocycles. The fourth-order valence-electron chi connectivity index (χ4n) is 6.02. The summed E-state index contributed by atoms with van der Waals surface area (Å²) in [6, 6.07) is 13.8. The van der Waals surface area contributed by atoms with Crippen LogP contribution >= 0.6 is 0 Å². The first-order valence-electron chi connectivity index (χ1n) is 17.0. The molecule has 0 aliphatic carbocycles. The van der Waals surface area contributed by atoms with Crippen LogP contribution < -0.4 is 26.3 Å². The van der Waals surface area contributed by atoms with E-state index in [1.807, 2.05) is 29.2 Å². The summed E-state index contributed by atoms with van der Waals surface area (Å²) >= 11 is 0. The Kier molecular flexibility index (Phi) is 17.1. The molecular weight excluding hydrogens is 635 g/mol. The van der Waals surface area contributed by atoms with Gasteiger partial charge in [0.1, 0.15) is 11.6 Å². The van der Waals surface area contributed by atoms with Gasteiger partial charge < -0.3 is 25.2 Å². The van der Waals surface area contributed by atoms with Crippen molar-refractivity contribution in [3.63, 3.8) is 0 Å². The molecule has 6 N–H and O–H groups in total. The zero-order chi connectivity index (χ0) is 35.4.